The van der Waals surface area contributed by atoms with Crippen LogP contribution in [0.4, 0.5) is 0 Å². The number of rotatable bonds is 3. The number of aromatic amines is 1. The number of aromatic nitrogens is 2. The van der Waals surface area contributed by atoms with Gasteiger partial charge in [-0.2, -0.15) is 0 Å². The van der Waals surface area contributed by atoms with Gasteiger partial charge in [-0.3, -0.25) is 0 Å². The van der Waals surface area contributed by atoms with Crippen molar-refractivity contribution in [2.45, 2.75) is 13.3 Å². The van der Waals surface area contributed by atoms with Gasteiger partial charge in [-0.05, 0) is 24.1 Å². The molecule has 0 aromatic carbocycles. The van der Waals surface area contributed by atoms with Crippen LogP contribution in [0, 0.1) is 0 Å². The smallest absolute Gasteiger partial charge is 0.137 e. The molecule has 0 radical (unpaired) electrons. The van der Waals surface area contributed by atoms with E-state index in [9.17, 15) is 0 Å². The van der Waals surface area contributed by atoms with E-state index in [4.69, 9.17) is 5.11 Å². The van der Waals surface area contributed by atoms with E-state index in [0.29, 0.717) is 0 Å². The van der Waals surface area contributed by atoms with Crippen molar-refractivity contribution in [3.63, 3.8) is 0 Å². The van der Waals surface area contributed by atoms with Gasteiger partial charge in [0.25, 0.3) is 0 Å². The van der Waals surface area contributed by atoms with Gasteiger partial charge in [0.2, 0.25) is 0 Å². The molecule has 0 saturated heterocycles. The van der Waals surface area contributed by atoms with Crippen LogP contribution >= 0.6 is 0 Å². The summed E-state index contributed by atoms with van der Waals surface area (Å²) in [6.07, 6.45) is 6.56. The number of aliphatic hydroxyl groups is 1. The lowest BCUT2D eigenvalue weighted by molar-refractivity contribution is 0.329. The molecule has 2 aromatic heterocycles. The summed E-state index contributed by atoms with van der Waals surface area (Å²) < 4.78 is 0. The van der Waals surface area contributed by atoms with E-state index in [0.717, 1.165) is 28.6 Å². The summed E-state index contributed by atoms with van der Waals surface area (Å²) in [5.41, 5.74) is 3.00. The second-order valence-electron chi connectivity index (χ2n) is 3.46. The lowest BCUT2D eigenvalue weighted by atomic mass is 10.1. The Balaban J connectivity index is 2.48. The Labute approximate surface area is 88.5 Å². The van der Waals surface area contributed by atoms with Gasteiger partial charge >= 0.3 is 0 Å². The fourth-order valence-electron chi connectivity index (χ4n) is 1.58. The van der Waals surface area contributed by atoms with Crippen LogP contribution < -0.4 is 0 Å². The van der Waals surface area contributed by atoms with E-state index in [1.54, 1.807) is 6.20 Å². The Morgan fingerprint density at radius 1 is 1.60 bits per heavy atom. The third kappa shape index (κ3) is 1.92. The standard InChI is InChI=1S/C12H14N2O/c1-2-9(8-15)6-10-7-14-12-11(10)4-3-5-13-12/h3-7,15H,2,8H2,1H3,(H,13,14). The maximum absolute atomic E-state index is 9.10. The summed E-state index contributed by atoms with van der Waals surface area (Å²) in [6, 6.07) is 3.94. The van der Waals surface area contributed by atoms with Gasteiger partial charge in [-0.25, -0.2) is 4.98 Å². The third-order valence-corrected chi connectivity index (χ3v) is 2.50. The van der Waals surface area contributed by atoms with Crippen LogP contribution in [0.15, 0.2) is 30.1 Å². The van der Waals surface area contributed by atoms with Crippen LogP contribution in [0.2, 0.25) is 0 Å². The minimum Gasteiger partial charge on any atom is -0.392 e. The van der Waals surface area contributed by atoms with E-state index in [-0.39, 0.29) is 6.61 Å². The normalized spacial score (nSPS) is 12.3. The van der Waals surface area contributed by atoms with Crippen molar-refractivity contribution >= 4 is 17.1 Å². The van der Waals surface area contributed by atoms with E-state index >= 15 is 0 Å². The Kier molecular flexibility index (Phi) is 2.83. The Morgan fingerprint density at radius 3 is 3.20 bits per heavy atom. The fraction of sp³-hybridized carbons (Fsp3) is 0.250. The van der Waals surface area contributed by atoms with Gasteiger partial charge in [-0.15, -0.1) is 0 Å². The highest BCUT2D eigenvalue weighted by molar-refractivity contribution is 5.86. The molecular formula is C12H14N2O. The average molecular weight is 202 g/mol. The summed E-state index contributed by atoms with van der Waals surface area (Å²) in [4.78, 5) is 7.32. The molecule has 0 atom stereocenters. The van der Waals surface area contributed by atoms with Gasteiger partial charge < -0.3 is 10.1 Å². The molecule has 0 aliphatic heterocycles. The molecule has 0 fully saturated rings. The summed E-state index contributed by atoms with van der Waals surface area (Å²) >= 11 is 0. The maximum Gasteiger partial charge on any atom is 0.137 e. The molecule has 0 amide bonds. The quantitative estimate of drug-likeness (QED) is 0.802. The Bertz CT molecular complexity index is 479. The number of fused-ring (bicyclic) bond motifs is 1. The van der Waals surface area contributed by atoms with Crippen LogP contribution in [-0.2, 0) is 0 Å². The Hall–Kier alpha value is -1.61. The zero-order chi connectivity index (χ0) is 10.7. The highest BCUT2D eigenvalue weighted by Crippen LogP contribution is 2.19. The summed E-state index contributed by atoms with van der Waals surface area (Å²) in [6.45, 7) is 2.15. The third-order valence-electron chi connectivity index (χ3n) is 2.50. The average Bonchev–Trinajstić information content (AvgIpc) is 2.69. The van der Waals surface area contributed by atoms with Gasteiger partial charge in [0.1, 0.15) is 5.65 Å². The van der Waals surface area contributed by atoms with Gasteiger partial charge in [0.05, 0.1) is 6.61 Å². The summed E-state index contributed by atoms with van der Waals surface area (Å²) in [5, 5.41) is 10.2. The first kappa shape index (κ1) is 9.93. The molecule has 15 heavy (non-hydrogen) atoms. The monoisotopic (exact) mass is 202 g/mol. The summed E-state index contributed by atoms with van der Waals surface area (Å²) in [7, 11) is 0. The molecule has 0 saturated carbocycles. The van der Waals surface area contributed by atoms with Crippen LogP contribution in [0.1, 0.15) is 18.9 Å². The number of hydrogen-bond donors (Lipinski definition) is 2. The zero-order valence-corrected chi connectivity index (χ0v) is 8.70. The zero-order valence-electron chi connectivity index (χ0n) is 8.70. The highest BCUT2D eigenvalue weighted by Gasteiger charge is 2.01. The second-order valence-corrected chi connectivity index (χ2v) is 3.46. The molecular weight excluding hydrogens is 188 g/mol. The van der Waals surface area contributed by atoms with Crippen molar-refractivity contribution in [3.05, 3.63) is 35.7 Å². The first-order valence-electron chi connectivity index (χ1n) is 5.07. The SMILES string of the molecule is CCC(=Cc1c[nH]c2ncccc12)CO. The minimum absolute atomic E-state index is 0.115. The fourth-order valence-corrected chi connectivity index (χ4v) is 1.58. The number of pyridine rings is 1. The van der Waals surface area contributed by atoms with Crippen LogP contribution in [0.25, 0.3) is 17.1 Å². The van der Waals surface area contributed by atoms with Crippen molar-refractivity contribution in [2.75, 3.05) is 6.61 Å². The Morgan fingerprint density at radius 2 is 2.47 bits per heavy atom. The van der Waals surface area contributed by atoms with Gasteiger partial charge in [-0.1, -0.05) is 13.0 Å². The van der Waals surface area contributed by atoms with Crippen LogP contribution in [-0.4, -0.2) is 21.7 Å². The molecule has 2 aromatic rings. The number of hydrogen-bond acceptors (Lipinski definition) is 2. The van der Waals surface area contributed by atoms with Crippen LogP contribution in [0.5, 0.6) is 0 Å². The first-order chi connectivity index (χ1) is 7.35. The van der Waals surface area contributed by atoms with Crippen molar-refractivity contribution in [1.29, 1.82) is 0 Å². The molecule has 0 aliphatic carbocycles. The molecule has 78 valence electrons. The molecule has 0 aliphatic rings. The van der Waals surface area contributed by atoms with E-state index in [1.807, 2.05) is 31.3 Å². The van der Waals surface area contributed by atoms with Crippen molar-refractivity contribution in [3.8, 4) is 0 Å². The number of nitrogens with zero attached hydrogens (tertiary/aromatic N) is 1. The molecule has 0 bridgehead atoms. The predicted molar refractivity (Wildman–Crippen MR) is 61.4 cm³/mol. The molecule has 2 rings (SSSR count). The van der Waals surface area contributed by atoms with Gasteiger partial charge in [0.15, 0.2) is 0 Å². The molecule has 0 spiro atoms. The van der Waals surface area contributed by atoms with Crippen molar-refractivity contribution in [1.82, 2.24) is 9.97 Å². The highest BCUT2D eigenvalue weighted by atomic mass is 16.3. The first-order valence-corrected chi connectivity index (χ1v) is 5.07. The lowest BCUT2D eigenvalue weighted by Gasteiger charge is -1.98. The second kappa shape index (κ2) is 4.28. The molecule has 0 unspecified atom stereocenters. The van der Waals surface area contributed by atoms with E-state index in [1.165, 1.54) is 0 Å². The number of aliphatic hydroxyl groups excluding tert-OH is 1. The number of H-pyrrole nitrogens is 1. The van der Waals surface area contributed by atoms with E-state index < -0.39 is 0 Å². The van der Waals surface area contributed by atoms with Crippen molar-refractivity contribution in [2.24, 2.45) is 0 Å². The number of nitrogens with one attached hydrogen (secondary N) is 1. The maximum atomic E-state index is 9.10. The molecule has 2 N–H and O–H groups in total. The van der Waals surface area contributed by atoms with E-state index in [2.05, 4.69) is 9.97 Å². The van der Waals surface area contributed by atoms with Gasteiger partial charge in [0, 0.05) is 23.3 Å². The minimum atomic E-state index is 0.115. The lowest BCUT2D eigenvalue weighted by Crippen LogP contribution is -1.87. The predicted octanol–water partition coefficient (Wildman–Crippen LogP) is 2.35. The molecule has 3 nitrogen and oxygen atoms in total. The summed E-state index contributed by atoms with van der Waals surface area (Å²) in [5.74, 6) is 0. The largest absolute Gasteiger partial charge is 0.392 e. The molecule has 3 heteroatoms. The van der Waals surface area contributed by atoms with Crippen molar-refractivity contribution < 1.29 is 5.11 Å². The molecule has 2 heterocycles. The topological polar surface area (TPSA) is 48.9 Å². The van der Waals surface area contributed by atoms with Crippen LogP contribution in [0.3, 0.4) is 0 Å².